The number of nitrogens with zero attached hydrogens (tertiary/aromatic N) is 5. The van der Waals surface area contributed by atoms with E-state index in [1.54, 1.807) is 15.6 Å². The highest BCUT2D eigenvalue weighted by atomic mass is 15.4. The molecule has 2 heterocycles. The van der Waals surface area contributed by atoms with Gasteiger partial charge in [0, 0.05) is 19.8 Å². The van der Waals surface area contributed by atoms with Gasteiger partial charge in [0.15, 0.2) is 0 Å². The number of hydrogen-bond donors (Lipinski definition) is 2. The van der Waals surface area contributed by atoms with Crippen LogP contribution in [-0.2, 0) is 20.1 Å². The van der Waals surface area contributed by atoms with Gasteiger partial charge in [0.05, 0.1) is 31.2 Å². The van der Waals surface area contributed by atoms with E-state index >= 15 is 0 Å². The maximum atomic E-state index is 5.42. The fourth-order valence-corrected chi connectivity index (χ4v) is 1.37. The van der Waals surface area contributed by atoms with Crippen molar-refractivity contribution in [2.75, 3.05) is 11.9 Å². The van der Waals surface area contributed by atoms with Gasteiger partial charge in [-0.05, 0) is 0 Å². The number of aryl methyl sites for hydroxylation is 1. The first-order valence-electron chi connectivity index (χ1n) is 5.09. The summed E-state index contributed by atoms with van der Waals surface area (Å²) in [7, 11) is 1.88. The number of rotatable bonds is 5. The molecule has 2 rings (SSSR count). The molecule has 2 aromatic rings. The van der Waals surface area contributed by atoms with E-state index in [2.05, 4.69) is 20.7 Å². The SMILES string of the molecule is Cn1cc(NCc2cn(CCN)nn2)cn1. The average Bonchev–Trinajstić information content (AvgIpc) is 2.85. The Morgan fingerprint density at radius 3 is 3.00 bits per heavy atom. The molecule has 0 spiro atoms. The monoisotopic (exact) mass is 221 g/mol. The number of anilines is 1. The van der Waals surface area contributed by atoms with Crippen LogP contribution in [-0.4, -0.2) is 31.3 Å². The Morgan fingerprint density at radius 1 is 1.44 bits per heavy atom. The van der Waals surface area contributed by atoms with Gasteiger partial charge < -0.3 is 11.1 Å². The third-order valence-corrected chi connectivity index (χ3v) is 2.12. The molecule has 0 atom stereocenters. The second kappa shape index (κ2) is 4.75. The van der Waals surface area contributed by atoms with Gasteiger partial charge >= 0.3 is 0 Å². The van der Waals surface area contributed by atoms with Crippen molar-refractivity contribution in [1.82, 2.24) is 24.8 Å². The van der Waals surface area contributed by atoms with Gasteiger partial charge in [-0.1, -0.05) is 5.21 Å². The lowest BCUT2D eigenvalue weighted by Crippen LogP contribution is -2.10. The molecular weight excluding hydrogens is 206 g/mol. The Kier molecular flexibility index (Phi) is 3.16. The quantitative estimate of drug-likeness (QED) is 0.716. The van der Waals surface area contributed by atoms with E-state index in [0.29, 0.717) is 19.6 Å². The van der Waals surface area contributed by atoms with Gasteiger partial charge in [-0.2, -0.15) is 5.10 Å². The van der Waals surface area contributed by atoms with Crippen LogP contribution in [0.2, 0.25) is 0 Å². The van der Waals surface area contributed by atoms with Crippen LogP contribution >= 0.6 is 0 Å². The van der Waals surface area contributed by atoms with Crippen molar-refractivity contribution < 1.29 is 0 Å². The number of aromatic nitrogens is 5. The lowest BCUT2D eigenvalue weighted by Gasteiger charge is -1.98. The maximum Gasteiger partial charge on any atom is 0.102 e. The first-order valence-corrected chi connectivity index (χ1v) is 5.09. The lowest BCUT2D eigenvalue weighted by atomic mass is 10.4. The molecule has 0 aliphatic rings. The molecule has 0 saturated carbocycles. The van der Waals surface area contributed by atoms with Crippen LogP contribution in [0.1, 0.15) is 5.69 Å². The zero-order chi connectivity index (χ0) is 11.4. The summed E-state index contributed by atoms with van der Waals surface area (Å²) in [5.74, 6) is 0. The molecule has 86 valence electrons. The molecule has 0 saturated heterocycles. The number of hydrogen-bond acceptors (Lipinski definition) is 5. The third kappa shape index (κ3) is 2.57. The smallest absolute Gasteiger partial charge is 0.102 e. The topological polar surface area (TPSA) is 86.6 Å². The van der Waals surface area contributed by atoms with Crippen molar-refractivity contribution in [2.24, 2.45) is 12.8 Å². The molecule has 0 amide bonds. The van der Waals surface area contributed by atoms with E-state index in [9.17, 15) is 0 Å². The van der Waals surface area contributed by atoms with E-state index < -0.39 is 0 Å². The molecule has 3 N–H and O–H groups in total. The molecule has 7 heteroatoms. The fourth-order valence-electron chi connectivity index (χ4n) is 1.37. The number of nitrogens with one attached hydrogen (secondary N) is 1. The van der Waals surface area contributed by atoms with Gasteiger partial charge in [0.1, 0.15) is 5.69 Å². The van der Waals surface area contributed by atoms with E-state index in [-0.39, 0.29) is 0 Å². The Balaban J connectivity index is 1.89. The minimum Gasteiger partial charge on any atom is -0.377 e. The summed E-state index contributed by atoms with van der Waals surface area (Å²) in [6.07, 6.45) is 5.56. The minimum absolute atomic E-state index is 0.568. The average molecular weight is 221 g/mol. The van der Waals surface area contributed by atoms with Crippen LogP contribution in [0.3, 0.4) is 0 Å². The van der Waals surface area contributed by atoms with Gasteiger partial charge in [-0.3, -0.25) is 9.36 Å². The minimum atomic E-state index is 0.568. The van der Waals surface area contributed by atoms with Crippen LogP contribution in [0.25, 0.3) is 0 Å². The summed E-state index contributed by atoms with van der Waals surface area (Å²) >= 11 is 0. The normalized spacial score (nSPS) is 10.6. The largest absolute Gasteiger partial charge is 0.377 e. The molecule has 0 fully saturated rings. The van der Waals surface area contributed by atoms with Crippen molar-refractivity contribution in [3.8, 4) is 0 Å². The molecule has 16 heavy (non-hydrogen) atoms. The number of nitrogens with two attached hydrogens (primary N) is 1. The predicted octanol–water partition coefficient (Wildman–Crippen LogP) is -0.418. The molecule has 0 bridgehead atoms. The van der Waals surface area contributed by atoms with E-state index in [4.69, 9.17) is 5.73 Å². The Hall–Kier alpha value is -1.89. The summed E-state index contributed by atoms with van der Waals surface area (Å²) in [6.45, 7) is 1.90. The summed E-state index contributed by atoms with van der Waals surface area (Å²) < 4.78 is 3.48. The third-order valence-electron chi connectivity index (χ3n) is 2.12. The van der Waals surface area contributed by atoms with Gasteiger partial charge in [0.2, 0.25) is 0 Å². The molecular formula is C9H15N7. The molecule has 0 aliphatic carbocycles. The highest BCUT2D eigenvalue weighted by Gasteiger charge is 2.00. The highest BCUT2D eigenvalue weighted by Crippen LogP contribution is 2.05. The molecule has 0 aromatic carbocycles. The zero-order valence-corrected chi connectivity index (χ0v) is 9.17. The van der Waals surface area contributed by atoms with Gasteiger partial charge in [0.25, 0.3) is 0 Å². The Morgan fingerprint density at radius 2 is 2.31 bits per heavy atom. The fraction of sp³-hybridized carbons (Fsp3) is 0.444. The highest BCUT2D eigenvalue weighted by molar-refractivity contribution is 5.38. The summed E-state index contributed by atoms with van der Waals surface area (Å²) in [5, 5.41) is 15.2. The second-order valence-electron chi connectivity index (χ2n) is 3.52. The second-order valence-corrected chi connectivity index (χ2v) is 3.52. The first-order chi connectivity index (χ1) is 7.78. The Bertz CT molecular complexity index is 444. The van der Waals surface area contributed by atoms with Crippen LogP contribution in [0.15, 0.2) is 18.6 Å². The van der Waals surface area contributed by atoms with Crippen molar-refractivity contribution in [2.45, 2.75) is 13.1 Å². The maximum absolute atomic E-state index is 5.42. The van der Waals surface area contributed by atoms with Gasteiger partial charge in [-0.15, -0.1) is 5.10 Å². The van der Waals surface area contributed by atoms with E-state index in [1.807, 2.05) is 19.4 Å². The van der Waals surface area contributed by atoms with Crippen LogP contribution in [0.4, 0.5) is 5.69 Å². The van der Waals surface area contributed by atoms with Crippen LogP contribution < -0.4 is 11.1 Å². The Labute approximate surface area is 93.2 Å². The van der Waals surface area contributed by atoms with E-state index in [1.165, 1.54) is 0 Å². The summed E-state index contributed by atoms with van der Waals surface area (Å²) in [4.78, 5) is 0. The molecule has 2 aromatic heterocycles. The summed E-state index contributed by atoms with van der Waals surface area (Å²) in [6, 6.07) is 0. The molecule has 0 unspecified atom stereocenters. The van der Waals surface area contributed by atoms with Crippen LogP contribution in [0, 0.1) is 0 Å². The lowest BCUT2D eigenvalue weighted by molar-refractivity contribution is 0.598. The summed E-state index contributed by atoms with van der Waals surface area (Å²) in [5.41, 5.74) is 7.28. The van der Waals surface area contributed by atoms with Crippen molar-refractivity contribution in [3.05, 3.63) is 24.3 Å². The molecule has 0 radical (unpaired) electrons. The van der Waals surface area contributed by atoms with Crippen LogP contribution in [0.5, 0.6) is 0 Å². The van der Waals surface area contributed by atoms with Crippen molar-refractivity contribution >= 4 is 5.69 Å². The molecule has 0 aliphatic heterocycles. The van der Waals surface area contributed by atoms with Crippen molar-refractivity contribution in [1.29, 1.82) is 0 Å². The predicted molar refractivity (Wildman–Crippen MR) is 59.6 cm³/mol. The van der Waals surface area contributed by atoms with Crippen molar-refractivity contribution in [3.63, 3.8) is 0 Å². The van der Waals surface area contributed by atoms with E-state index in [0.717, 1.165) is 11.4 Å². The zero-order valence-electron chi connectivity index (χ0n) is 9.17. The molecule has 7 nitrogen and oxygen atoms in total. The first kappa shape index (κ1) is 10.6. The van der Waals surface area contributed by atoms with Gasteiger partial charge in [-0.25, -0.2) is 0 Å². The standard InChI is InChI=1S/C9H15N7/c1-15-6-8(5-12-15)11-4-9-7-16(3-2-10)14-13-9/h5-7,11H,2-4,10H2,1H3.